The van der Waals surface area contributed by atoms with Gasteiger partial charge in [0.15, 0.2) is 11.5 Å². The third-order valence-electron chi connectivity index (χ3n) is 4.93. The van der Waals surface area contributed by atoms with Gasteiger partial charge in [0.05, 0.1) is 24.6 Å². The zero-order valence-electron chi connectivity index (χ0n) is 17.9. The van der Waals surface area contributed by atoms with Gasteiger partial charge in [0, 0.05) is 22.4 Å². The molecule has 7 heteroatoms. The zero-order valence-corrected chi connectivity index (χ0v) is 19.5. The summed E-state index contributed by atoms with van der Waals surface area (Å²) in [6, 6.07) is 24.6. The molecule has 3 aromatic carbocycles. The minimum atomic E-state index is -0.309. The van der Waals surface area contributed by atoms with Crippen LogP contribution in [0.2, 0.25) is 0 Å². The number of para-hydroxylation sites is 2. The van der Waals surface area contributed by atoms with Crippen LogP contribution in [0.4, 0.5) is 0 Å². The molecule has 0 radical (unpaired) electrons. The average molecular weight is 504 g/mol. The van der Waals surface area contributed by atoms with Crippen molar-refractivity contribution in [3.8, 4) is 17.2 Å². The molecular formula is C26H22BrN3O3. The summed E-state index contributed by atoms with van der Waals surface area (Å²) in [5.74, 6) is 0.824. The first-order valence-electron chi connectivity index (χ1n) is 10.3. The van der Waals surface area contributed by atoms with E-state index in [4.69, 9.17) is 9.47 Å². The summed E-state index contributed by atoms with van der Waals surface area (Å²) in [4.78, 5) is 12.8. The van der Waals surface area contributed by atoms with Gasteiger partial charge < -0.3 is 14.0 Å². The van der Waals surface area contributed by atoms with Crippen molar-refractivity contribution in [2.75, 3.05) is 7.11 Å². The number of halogens is 1. The van der Waals surface area contributed by atoms with Gasteiger partial charge in [0.25, 0.3) is 5.91 Å². The highest BCUT2D eigenvalue weighted by Gasteiger charge is 2.12. The fourth-order valence-corrected chi connectivity index (χ4v) is 3.56. The fourth-order valence-electron chi connectivity index (χ4n) is 3.29. The van der Waals surface area contributed by atoms with Crippen molar-refractivity contribution >= 4 is 28.1 Å². The van der Waals surface area contributed by atoms with Crippen molar-refractivity contribution in [1.82, 2.24) is 9.99 Å². The van der Waals surface area contributed by atoms with E-state index in [9.17, 15) is 4.79 Å². The lowest BCUT2D eigenvalue weighted by atomic mass is 10.1. The normalized spacial score (nSPS) is 10.8. The lowest BCUT2D eigenvalue weighted by Crippen LogP contribution is -2.19. The maximum Gasteiger partial charge on any atom is 0.273 e. The molecule has 6 nitrogen and oxygen atoms in total. The molecule has 0 unspecified atom stereocenters. The largest absolute Gasteiger partial charge is 0.493 e. The van der Waals surface area contributed by atoms with Crippen LogP contribution in [0, 0.1) is 0 Å². The predicted octanol–water partition coefficient (Wildman–Crippen LogP) is 5.59. The van der Waals surface area contributed by atoms with Crippen LogP contribution in [0.15, 0.2) is 101 Å². The molecule has 1 aromatic heterocycles. The smallest absolute Gasteiger partial charge is 0.273 e. The maximum absolute atomic E-state index is 12.8. The Morgan fingerprint density at radius 1 is 1.00 bits per heavy atom. The number of benzene rings is 3. The SMILES string of the molecule is COc1cccc(/C=N\NC(=O)c2ccccc2-n2cccc2)c1OCc1ccc(Br)cc1. The second kappa shape index (κ2) is 10.7. The van der Waals surface area contributed by atoms with Crippen LogP contribution in [0.5, 0.6) is 11.5 Å². The summed E-state index contributed by atoms with van der Waals surface area (Å²) in [6.07, 6.45) is 5.33. The van der Waals surface area contributed by atoms with Gasteiger partial charge in [-0.15, -0.1) is 0 Å². The number of nitrogens with zero attached hydrogens (tertiary/aromatic N) is 2. The molecule has 0 saturated heterocycles. The molecule has 0 aliphatic heterocycles. The summed E-state index contributed by atoms with van der Waals surface area (Å²) in [7, 11) is 1.59. The number of nitrogens with one attached hydrogen (secondary N) is 1. The van der Waals surface area contributed by atoms with Crippen LogP contribution in [-0.2, 0) is 6.61 Å². The Balaban J connectivity index is 1.50. The van der Waals surface area contributed by atoms with Crippen LogP contribution in [0.3, 0.4) is 0 Å². The predicted molar refractivity (Wildman–Crippen MR) is 132 cm³/mol. The number of rotatable bonds is 8. The summed E-state index contributed by atoms with van der Waals surface area (Å²) in [6.45, 7) is 0.366. The van der Waals surface area contributed by atoms with Crippen LogP contribution in [-0.4, -0.2) is 23.8 Å². The second-order valence-electron chi connectivity index (χ2n) is 7.10. The highest BCUT2D eigenvalue weighted by Crippen LogP contribution is 2.31. The zero-order chi connectivity index (χ0) is 23.0. The first-order valence-corrected chi connectivity index (χ1v) is 11.0. The number of hydrogen-bond donors (Lipinski definition) is 1. The second-order valence-corrected chi connectivity index (χ2v) is 8.02. The summed E-state index contributed by atoms with van der Waals surface area (Å²) in [5.41, 5.74) is 5.60. The van der Waals surface area contributed by atoms with Crippen LogP contribution >= 0.6 is 15.9 Å². The quantitative estimate of drug-likeness (QED) is 0.251. The van der Waals surface area contributed by atoms with Gasteiger partial charge in [0.1, 0.15) is 6.61 Å². The van der Waals surface area contributed by atoms with E-state index in [1.807, 2.05) is 89.8 Å². The lowest BCUT2D eigenvalue weighted by Gasteiger charge is -2.13. The van der Waals surface area contributed by atoms with Gasteiger partial charge in [-0.2, -0.15) is 5.10 Å². The van der Waals surface area contributed by atoms with Crippen LogP contribution < -0.4 is 14.9 Å². The Kier molecular flexibility index (Phi) is 7.22. The number of methoxy groups -OCH3 is 1. The molecule has 0 aliphatic rings. The standard InChI is InChI=1S/C26H22BrN3O3/c1-32-24-10-6-7-20(25(24)33-18-19-11-13-21(27)14-12-19)17-28-29-26(31)22-8-2-3-9-23(22)30-15-4-5-16-30/h2-17H,18H2,1H3,(H,29,31)/b28-17-. The first-order chi connectivity index (χ1) is 16.2. The monoisotopic (exact) mass is 503 g/mol. The molecule has 0 saturated carbocycles. The third kappa shape index (κ3) is 5.51. The van der Waals surface area contributed by atoms with Gasteiger partial charge in [0.2, 0.25) is 0 Å². The van der Waals surface area contributed by atoms with E-state index in [1.54, 1.807) is 19.4 Å². The van der Waals surface area contributed by atoms with Gasteiger partial charge in [-0.25, -0.2) is 5.43 Å². The molecular weight excluding hydrogens is 482 g/mol. The highest BCUT2D eigenvalue weighted by molar-refractivity contribution is 9.10. The molecule has 0 atom stereocenters. The molecule has 1 heterocycles. The molecule has 1 N–H and O–H groups in total. The Labute approximate surface area is 200 Å². The van der Waals surface area contributed by atoms with Crippen LogP contribution in [0.25, 0.3) is 5.69 Å². The Hall–Kier alpha value is -3.84. The number of hydrogen-bond acceptors (Lipinski definition) is 4. The van der Waals surface area contributed by atoms with E-state index < -0.39 is 0 Å². The molecule has 0 spiro atoms. The molecule has 1 amide bonds. The summed E-state index contributed by atoms with van der Waals surface area (Å²) >= 11 is 3.43. The molecule has 0 fully saturated rings. The van der Waals surface area contributed by atoms with Crippen molar-refractivity contribution in [1.29, 1.82) is 0 Å². The van der Waals surface area contributed by atoms with E-state index in [0.29, 0.717) is 29.2 Å². The van der Waals surface area contributed by atoms with E-state index in [-0.39, 0.29) is 5.91 Å². The summed E-state index contributed by atoms with van der Waals surface area (Å²) in [5, 5.41) is 4.17. The minimum absolute atomic E-state index is 0.309. The van der Waals surface area contributed by atoms with Gasteiger partial charge >= 0.3 is 0 Å². The fraction of sp³-hybridized carbons (Fsp3) is 0.0769. The Morgan fingerprint density at radius 2 is 1.76 bits per heavy atom. The van der Waals surface area contributed by atoms with Crippen molar-refractivity contribution in [3.63, 3.8) is 0 Å². The van der Waals surface area contributed by atoms with Crippen molar-refractivity contribution in [2.45, 2.75) is 6.61 Å². The Morgan fingerprint density at radius 3 is 2.52 bits per heavy atom. The third-order valence-corrected chi connectivity index (χ3v) is 5.46. The van der Waals surface area contributed by atoms with Crippen molar-refractivity contribution in [2.24, 2.45) is 5.10 Å². The molecule has 4 rings (SSSR count). The average Bonchev–Trinajstić information content (AvgIpc) is 3.39. The molecule has 4 aromatic rings. The van der Waals surface area contributed by atoms with E-state index in [0.717, 1.165) is 15.7 Å². The lowest BCUT2D eigenvalue weighted by molar-refractivity contribution is 0.0955. The van der Waals surface area contributed by atoms with Gasteiger partial charge in [-0.1, -0.05) is 46.3 Å². The Bertz CT molecular complexity index is 1250. The van der Waals surface area contributed by atoms with Gasteiger partial charge in [-0.3, -0.25) is 4.79 Å². The number of carbonyl (C=O) groups is 1. The van der Waals surface area contributed by atoms with E-state index in [1.165, 1.54) is 0 Å². The number of aromatic nitrogens is 1. The summed E-state index contributed by atoms with van der Waals surface area (Å²) < 4.78 is 14.4. The van der Waals surface area contributed by atoms with E-state index >= 15 is 0 Å². The van der Waals surface area contributed by atoms with Gasteiger partial charge in [-0.05, 0) is 54.1 Å². The molecule has 0 aliphatic carbocycles. The first kappa shape index (κ1) is 22.4. The van der Waals surface area contributed by atoms with E-state index in [2.05, 4.69) is 26.5 Å². The number of ether oxygens (including phenoxy) is 2. The number of hydrazone groups is 1. The molecule has 0 bridgehead atoms. The molecule has 33 heavy (non-hydrogen) atoms. The number of amides is 1. The minimum Gasteiger partial charge on any atom is -0.493 e. The van der Waals surface area contributed by atoms with Crippen molar-refractivity contribution < 1.29 is 14.3 Å². The number of carbonyl (C=O) groups excluding carboxylic acids is 1. The van der Waals surface area contributed by atoms with Crippen molar-refractivity contribution in [3.05, 3.63) is 112 Å². The molecule has 166 valence electrons. The maximum atomic E-state index is 12.8. The highest BCUT2D eigenvalue weighted by atomic mass is 79.9. The topological polar surface area (TPSA) is 64.8 Å². The van der Waals surface area contributed by atoms with Crippen LogP contribution in [0.1, 0.15) is 21.5 Å².